The number of hydrogen-bond acceptors (Lipinski definition) is 3. The molecular formula is C25H30N2O3S. The van der Waals surface area contributed by atoms with Gasteiger partial charge in [-0.1, -0.05) is 30.3 Å². The molecule has 0 aromatic heterocycles. The molecule has 4 bridgehead atoms. The predicted octanol–water partition coefficient (Wildman–Crippen LogP) is 3.93. The van der Waals surface area contributed by atoms with Crippen LogP contribution in [0.5, 0.6) is 0 Å². The molecule has 5 aliphatic rings. The van der Waals surface area contributed by atoms with Gasteiger partial charge in [0.1, 0.15) is 6.04 Å². The summed E-state index contributed by atoms with van der Waals surface area (Å²) in [4.78, 5) is 13.6. The van der Waals surface area contributed by atoms with Crippen LogP contribution in [0.4, 0.5) is 0 Å². The highest BCUT2D eigenvalue weighted by Gasteiger charge is 2.49. The van der Waals surface area contributed by atoms with E-state index in [1.807, 2.05) is 30.3 Å². The van der Waals surface area contributed by atoms with Crippen molar-refractivity contribution >= 4 is 26.7 Å². The van der Waals surface area contributed by atoms with Gasteiger partial charge in [0.25, 0.3) is 0 Å². The predicted molar refractivity (Wildman–Crippen MR) is 120 cm³/mol. The van der Waals surface area contributed by atoms with Crippen molar-refractivity contribution in [2.24, 2.45) is 23.7 Å². The molecule has 4 saturated carbocycles. The van der Waals surface area contributed by atoms with E-state index in [2.05, 4.69) is 5.32 Å². The lowest BCUT2D eigenvalue weighted by Crippen LogP contribution is -2.58. The van der Waals surface area contributed by atoms with Crippen LogP contribution < -0.4 is 5.32 Å². The van der Waals surface area contributed by atoms with E-state index in [1.165, 1.54) is 36.4 Å². The van der Waals surface area contributed by atoms with Gasteiger partial charge in [0.05, 0.1) is 4.90 Å². The highest BCUT2D eigenvalue weighted by atomic mass is 32.2. The number of carbonyl (C=O) groups is 1. The zero-order chi connectivity index (χ0) is 21.2. The fraction of sp³-hybridized carbons (Fsp3) is 0.560. The van der Waals surface area contributed by atoms with Crippen LogP contribution in [0, 0.1) is 23.7 Å². The normalized spacial score (nSPS) is 35.0. The number of hydrogen-bond donors (Lipinski definition) is 1. The lowest BCUT2D eigenvalue weighted by atomic mass is 9.54. The number of sulfonamides is 1. The smallest absolute Gasteiger partial charge is 0.243 e. The first-order valence-corrected chi connectivity index (χ1v) is 13.2. The van der Waals surface area contributed by atoms with Crippen LogP contribution in [-0.2, 0) is 14.8 Å². The third kappa shape index (κ3) is 3.30. The fourth-order valence-corrected chi connectivity index (χ4v) is 8.87. The highest BCUT2D eigenvalue weighted by Crippen LogP contribution is 2.53. The Kier molecular flexibility index (Phi) is 4.65. The monoisotopic (exact) mass is 438 g/mol. The summed E-state index contributed by atoms with van der Waals surface area (Å²) in [7, 11) is -3.71. The molecule has 1 amide bonds. The van der Waals surface area contributed by atoms with Gasteiger partial charge < -0.3 is 5.32 Å². The van der Waals surface area contributed by atoms with E-state index in [1.54, 1.807) is 12.1 Å². The van der Waals surface area contributed by atoms with E-state index < -0.39 is 16.1 Å². The molecule has 6 heteroatoms. The summed E-state index contributed by atoms with van der Waals surface area (Å²) in [5.41, 5.74) is 0. The molecular weight excluding hydrogens is 408 g/mol. The molecule has 1 saturated heterocycles. The van der Waals surface area contributed by atoms with Crippen molar-refractivity contribution in [1.29, 1.82) is 0 Å². The number of nitrogens with one attached hydrogen (secondary N) is 1. The minimum Gasteiger partial charge on any atom is -0.351 e. The molecule has 1 heterocycles. The SMILES string of the molecule is O=C(NC1C2CC3CC(C2)CC1C3)[C@H]1CCCN1S(=O)(=O)c1ccc2ccccc2c1. The van der Waals surface area contributed by atoms with Gasteiger partial charge in [-0.2, -0.15) is 4.31 Å². The quantitative estimate of drug-likeness (QED) is 0.786. The van der Waals surface area contributed by atoms with Crippen LogP contribution in [0.2, 0.25) is 0 Å². The van der Waals surface area contributed by atoms with Gasteiger partial charge >= 0.3 is 0 Å². The number of rotatable bonds is 4. The van der Waals surface area contributed by atoms with Crippen molar-refractivity contribution in [3.05, 3.63) is 42.5 Å². The standard InChI is InChI=1S/C25H30N2O3S/c28-25(26-24-20-11-16-10-17(13-20)14-21(24)12-16)23-6-3-9-27(23)31(29,30)22-8-7-18-4-1-2-5-19(18)15-22/h1-2,4-5,7-8,15-17,20-21,23-24H,3,6,9-14H2,(H,26,28)/t16?,17?,20?,21?,23-,24?/m1/s1. The Balaban J connectivity index is 1.23. The zero-order valence-electron chi connectivity index (χ0n) is 17.7. The van der Waals surface area contributed by atoms with E-state index in [0.29, 0.717) is 24.8 Å². The summed E-state index contributed by atoms with van der Waals surface area (Å²) >= 11 is 0. The van der Waals surface area contributed by atoms with Crippen LogP contribution in [0.25, 0.3) is 10.8 Å². The molecule has 4 aliphatic carbocycles. The Labute approximate surface area is 184 Å². The summed E-state index contributed by atoms with van der Waals surface area (Å²) in [6.45, 7) is 0.412. The third-order valence-electron chi connectivity index (χ3n) is 8.37. The van der Waals surface area contributed by atoms with Crippen LogP contribution in [0.3, 0.4) is 0 Å². The molecule has 0 unspecified atom stereocenters. The molecule has 31 heavy (non-hydrogen) atoms. The van der Waals surface area contributed by atoms with Gasteiger partial charge in [-0.05, 0) is 91.5 Å². The first-order chi connectivity index (χ1) is 15.0. The molecule has 1 atom stereocenters. The van der Waals surface area contributed by atoms with E-state index >= 15 is 0 Å². The maximum atomic E-state index is 13.5. The molecule has 1 aliphatic heterocycles. The molecule has 5 fully saturated rings. The Bertz CT molecular complexity index is 1100. The third-order valence-corrected chi connectivity index (χ3v) is 10.3. The number of amides is 1. The second-order valence-electron chi connectivity index (χ2n) is 10.2. The summed E-state index contributed by atoms with van der Waals surface area (Å²) in [6, 6.07) is 12.7. The second-order valence-corrected chi connectivity index (χ2v) is 12.1. The minimum atomic E-state index is -3.71. The van der Waals surface area contributed by atoms with Gasteiger partial charge in [0.2, 0.25) is 15.9 Å². The Morgan fingerprint density at radius 2 is 1.58 bits per heavy atom. The van der Waals surface area contributed by atoms with Crippen LogP contribution >= 0.6 is 0 Å². The molecule has 7 rings (SSSR count). The Morgan fingerprint density at radius 3 is 2.29 bits per heavy atom. The van der Waals surface area contributed by atoms with Gasteiger partial charge in [0, 0.05) is 12.6 Å². The van der Waals surface area contributed by atoms with Crippen LogP contribution in [0.15, 0.2) is 47.4 Å². The zero-order valence-corrected chi connectivity index (χ0v) is 18.6. The number of carbonyl (C=O) groups excluding carboxylic acids is 1. The first-order valence-electron chi connectivity index (χ1n) is 11.8. The molecule has 5 nitrogen and oxygen atoms in total. The maximum absolute atomic E-state index is 13.5. The number of benzene rings is 2. The average molecular weight is 439 g/mol. The van der Waals surface area contributed by atoms with E-state index in [0.717, 1.165) is 29.0 Å². The van der Waals surface area contributed by atoms with Crippen molar-refractivity contribution < 1.29 is 13.2 Å². The summed E-state index contributed by atoms with van der Waals surface area (Å²) in [5, 5.41) is 5.26. The molecule has 164 valence electrons. The summed E-state index contributed by atoms with van der Waals surface area (Å²) in [5.74, 6) is 2.80. The van der Waals surface area contributed by atoms with Gasteiger partial charge in [-0.25, -0.2) is 8.42 Å². The van der Waals surface area contributed by atoms with Gasteiger partial charge in [-0.15, -0.1) is 0 Å². The number of fused-ring (bicyclic) bond motifs is 1. The van der Waals surface area contributed by atoms with E-state index in [-0.39, 0.29) is 16.8 Å². The first kappa shape index (κ1) is 19.7. The fourth-order valence-electron chi connectivity index (χ4n) is 7.17. The lowest BCUT2D eigenvalue weighted by Gasteiger charge is -2.54. The lowest BCUT2D eigenvalue weighted by molar-refractivity contribution is -0.128. The number of nitrogens with zero attached hydrogens (tertiary/aromatic N) is 1. The molecule has 1 N–H and O–H groups in total. The van der Waals surface area contributed by atoms with Crippen LogP contribution in [0.1, 0.15) is 44.9 Å². The van der Waals surface area contributed by atoms with Crippen molar-refractivity contribution in [3.8, 4) is 0 Å². The van der Waals surface area contributed by atoms with E-state index in [4.69, 9.17) is 0 Å². The van der Waals surface area contributed by atoms with Gasteiger partial charge in [0.15, 0.2) is 0 Å². The highest BCUT2D eigenvalue weighted by molar-refractivity contribution is 7.89. The Morgan fingerprint density at radius 1 is 0.903 bits per heavy atom. The topological polar surface area (TPSA) is 66.5 Å². The van der Waals surface area contributed by atoms with E-state index in [9.17, 15) is 13.2 Å². The molecule has 2 aromatic rings. The van der Waals surface area contributed by atoms with Crippen molar-refractivity contribution in [1.82, 2.24) is 9.62 Å². The summed E-state index contributed by atoms with van der Waals surface area (Å²) in [6.07, 6.45) is 7.67. The largest absolute Gasteiger partial charge is 0.351 e. The molecule has 2 aromatic carbocycles. The Hall–Kier alpha value is -1.92. The van der Waals surface area contributed by atoms with Crippen LogP contribution in [-0.4, -0.2) is 37.3 Å². The van der Waals surface area contributed by atoms with Crippen molar-refractivity contribution in [3.63, 3.8) is 0 Å². The van der Waals surface area contributed by atoms with Gasteiger partial charge in [-0.3, -0.25) is 4.79 Å². The second kappa shape index (κ2) is 7.31. The molecule has 0 radical (unpaired) electrons. The average Bonchev–Trinajstić information content (AvgIpc) is 3.26. The molecule has 0 spiro atoms. The summed E-state index contributed by atoms with van der Waals surface area (Å²) < 4.78 is 28.4. The minimum absolute atomic E-state index is 0.0839. The van der Waals surface area contributed by atoms with Crippen molar-refractivity contribution in [2.45, 2.75) is 61.9 Å². The maximum Gasteiger partial charge on any atom is 0.243 e. The van der Waals surface area contributed by atoms with Crippen molar-refractivity contribution in [2.75, 3.05) is 6.54 Å².